The normalized spacial score (nSPS) is 12.7. The minimum absolute atomic E-state index is 1.25. The van der Waals surface area contributed by atoms with E-state index in [9.17, 15) is 0 Å². The van der Waals surface area contributed by atoms with E-state index in [1.54, 1.807) is 0 Å². The number of benzene rings is 5. The second-order valence-corrected chi connectivity index (χ2v) is 8.07. The second kappa shape index (κ2) is 8.08. The molecule has 0 aliphatic rings. The minimum atomic E-state index is 1.25. The summed E-state index contributed by atoms with van der Waals surface area (Å²) >= 11 is 2.39. The molecule has 0 radical (unpaired) electrons. The van der Waals surface area contributed by atoms with Crippen molar-refractivity contribution in [3.8, 4) is 22.3 Å². The first kappa shape index (κ1) is 19.1. The lowest BCUT2D eigenvalue weighted by molar-refractivity contribution is 1.52. The Morgan fingerprint density at radius 1 is 0.567 bits per heavy atom. The first-order valence-corrected chi connectivity index (χ1v) is 11.4. The quantitative estimate of drug-likeness (QED) is 0.225. The molecular formula is C29H21I. The van der Waals surface area contributed by atoms with Gasteiger partial charge in [-0.2, -0.15) is 0 Å². The van der Waals surface area contributed by atoms with Crippen LogP contribution in [0, 0.1) is 0 Å². The number of halogens is 1. The summed E-state index contributed by atoms with van der Waals surface area (Å²) in [6.45, 7) is 2.15. The van der Waals surface area contributed by atoms with Crippen LogP contribution in [0.3, 0.4) is 0 Å². The van der Waals surface area contributed by atoms with Gasteiger partial charge < -0.3 is 0 Å². The maximum Gasteiger partial charge on any atom is -0.00219 e. The summed E-state index contributed by atoms with van der Waals surface area (Å²) in [5.74, 6) is 0. The third-order valence-electron chi connectivity index (χ3n) is 5.79. The summed E-state index contributed by atoms with van der Waals surface area (Å²) in [6, 6.07) is 34.9. The van der Waals surface area contributed by atoms with Gasteiger partial charge >= 0.3 is 0 Å². The molecule has 0 atom stereocenters. The van der Waals surface area contributed by atoms with Gasteiger partial charge in [-0.3, -0.25) is 0 Å². The van der Waals surface area contributed by atoms with Crippen molar-refractivity contribution < 1.29 is 0 Å². The number of hydrogen-bond donors (Lipinski definition) is 0. The maximum absolute atomic E-state index is 2.39. The highest BCUT2D eigenvalue weighted by atomic mass is 127. The first-order chi connectivity index (χ1) is 14.8. The highest BCUT2D eigenvalue weighted by Gasteiger charge is 2.14. The van der Waals surface area contributed by atoms with E-state index < -0.39 is 0 Å². The third-order valence-corrected chi connectivity index (χ3v) is 6.42. The van der Waals surface area contributed by atoms with Crippen molar-refractivity contribution in [1.29, 1.82) is 0 Å². The lowest BCUT2D eigenvalue weighted by Gasteiger charge is -2.16. The Labute approximate surface area is 190 Å². The fraction of sp³-hybridized carbons (Fsp3) is 0.0345. The zero-order chi connectivity index (χ0) is 20.5. The van der Waals surface area contributed by atoms with E-state index in [0.29, 0.717) is 0 Å². The lowest BCUT2D eigenvalue weighted by Crippen LogP contribution is -2.29. The Bertz CT molecular complexity index is 1500. The van der Waals surface area contributed by atoms with Gasteiger partial charge in [-0.25, -0.2) is 0 Å². The zero-order valence-electron chi connectivity index (χ0n) is 16.8. The average Bonchev–Trinajstić information content (AvgIpc) is 2.82. The Morgan fingerprint density at radius 3 is 1.83 bits per heavy atom. The Kier molecular flexibility index (Phi) is 5.14. The molecule has 0 saturated carbocycles. The Hall–Kier alpha value is -2.91. The number of hydrogen-bond acceptors (Lipinski definition) is 0. The predicted molar refractivity (Wildman–Crippen MR) is 140 cm³/mol. The SMILES string of the molecule is C/C=c1/c(-c2ccc3ccccc3c2)c2ccccc2c(-c2ccccc2)/c1=C/I. The van der Waals surface area contributed by atoms with Gasteiger partial charge in [0.1, 0.15) is 0 Å². The van der Waals surface area contributed by atoms with E-state index in [4.69, 9.17) is 0 Å². The molecule has 0 nitrogen and oxygen atoms in total. The lowest BCUT2D eigenvalue weighted by atomic mass is 9.88. The molecule has 0 aliphatic carbocycles. The van der Waals surface area contributed by atoms with Crippen LogP contribution in [0.15, 0.2) is 97.1 Å². The summed E-state index contributed by atoms with van der Waals surface area (Å²) in [6.07, 6.45) is 2.26. The molecule has 30 heavy (non-hydrogen) atoms. The van der Waals surface area contributed by atoms with Crippen molar-refractivity contribution in [3.05, 3.63) is 107 Å². The second-order valence-electron chi connectivity index (χ2n) is 7.45. The fourth-order valence-corrected chi connectivity index (χ4v) is 5.11. The zero-order valence-corrected chi connectivity index (χ0v) is 18.9. The van der Waals surface area contributed by atoms with Crippen molar-refractivity contribution in [2.75, 3.05) is 0 Å². The molecule has 1 heteroatoms. The highest BCUT2D eigenvalue weighted by Crippen LogP contribution is 2.32. The molecule has 0 unspecified atom stereocenters. The molecule has 144 valence electrons. The van der Waals surface area contributed by atoms with Crippen LogP contribution in [0.1, 0.15) is 6.92 Å². The van der Waals surface area contributed by atoms with Crippen molar-refractivity contribution >= 4 is 54.3 Å². The van der Waals surface area contributed by atoms with Gasteiger partial charge in [-0.05, 0) is 71.3 Å². The van der Waals surface area contributed by atoms with Crippen LogP contribution in [0.25, 0.3) is 54.0 Å². The van der Waals surface area contributed by atoms with E-state index in [0.717, 1.165) is 0 Å². The smallest absolute Gasteiger partial charge is 0.00219 e. The van der Waals surface area contributed by atoms with Gasteiger partial charge in [0.15, 0.2) is 0 Å². The molecule has 0 aliphatic heterocycles. The standard InChI is InChI=1S/C29H21I/c1-2-24-27(19-30)28(21-11-4-3-5-12-21)25-14-8-9-15-26(25)29(24)23-17-16-20-10-6-7-13-22(20)18-23/h2-19H,1H3/b24-2+,27-19+. The molecular weight excluding hydrogens is 475 g/mol. The summed E-state index contributed by atoms with van der Waals surface area (Å²) in [7, 11) is 0. The van der Waals surface area contributed by atoms with Crippen molar-refractivity contribution in [1.82, 2.24) is 0 Å². The molecule has 0 bridgehead atoms. The summed E-state index contributed by atoms with van der Waals surface area (Å²) in [5.41, 5.74) is 5.13. The maximum atomic E-state index is 2.39. The fourth-order valence-electron chi connectivity index (χ4n) is 4.46. The van der Waals surface area contributed by atoms with Crippen molar-refractivity contribution in [2.24, 2.45) is 0 Å². The van der Waals surface area contributed by atoms with Crippen LogP contribution in [-0.4, -0.2) is 0 Å². The van der Waals surface area contributed by atoms with Crippen LogP contribution in [0.4, 0.5) is 0 Å². The van der Waals surface area contributed by atoms with Crippen LogP contribution in [0.5, 0.6) is 0 Å². The van der Waals surface area contributed by atoms with Crippen molar-refractivity contribution in [3.63, 3.8) is 0 Å². The Balaban J connectivity index is 1.97. The monoisotopic (exact) mass is 496 g/mol. The first-order valence-electron chi connectivity index (χ1n) is 10.2. The van der Waals surface area contributed by atoms with E-state index in [1.165, 1.54) is 54.2 Å². The van der Waals surface area contributed by atoms with E-state index in [2.05, 4.69) is 137 Å². The summed E-state index contributed by atoms with van der Waals surface area (Å²) < 4.78 is 2.23. The molecule has 5 aromatic carbocycles. The molecule has 0 saturated heterocycles. The van der Waals surface area contributed by atoms with Crippen LogP contribution in [-0.2, 0) is 0 Å². The van der Waals surface area contributed by atoms with Gasteiger partial charge in [0.05, 0.1) is 0 Å². The molecule has 0 aromatic heterocycles. The number of rotatable bonds is 2. The molecule has 0 heterocycles. The predicted octanol–water partition coefficient (Wildman–Crippen LogP) is 7.30. The minimum Gasteiger partial charge on any atom is -0.0791 e. The number of fused-ring (bicyclic) bond motifs is 2. The summed E-state index contributed by atoms with van der Waals surface area (Å²) in [5, 5.41) is 7.70. The van der Waals surface area contributed by atoms with Gasteiger partial charge in [-0.15, -0.1) is 0 Å². The van der Waals surface area contributed by atoms with Gasteiger partial charge in [-0.1, -0.05) is 120 Å². The molecule has 5 aromatic rings. The van der Waals surface area contributed by atoms with E-state index in [1.807, 2.05) is 0 Å². The van der Waals surface area contributed by atoms with Crippen LogP contribution < -0.4 is 10.4 Å². The largest absolute Gasteiger partial charge is 0.0791 e. The van der Waals surface area contributed by atoms with Gasteiger partial charge in [0.2, 0.25) is 0 Å². The van der Waals surface area contributed by atoms with Crippen molar-refractivity contribution in [2.45, 2.75) is 6.92 Å². The third kappa shape index (κ3) is 3.14. The van der Waals surface area contributed by atoms with Crippen LogP contribution in [0.2, 0.25) is 0 Å². The molecule has 0 spiro atoms. The van der Waals surface area contributed by atoms with E-state index >= 15 is 0 Å². The molecule has 0 amide bonds. The van der Waals surface area contributed by atoms with Crippen LogP contribution >= 0.6 is 22.6 Å². The topological polar surface area (TPSA) is 0 Å². The molecule has 0 fully saturated rings. The Morgan fingerprint density at radius 2 is 1.17 bits per heavy atom. The summed E-state index contributed by atoms with van der Waals surface area (Å²) in [4.78, 5) is 0. The average molecular weight is 496 g/mol. The molecule has 5 rings (SSSR count). The van der Waals surface area contributed by atoms with Gasteiger partial charge in [0, 0.05) is 0 Å². The van der Waals surface area contributed by atoms with E-state index in [-0.39, 0.29) is 0 Å². The molecule has 0 N–H and O–H groups in total. The van der Waals surface area contributed by atoms with Gasteiger partial charge in [0.25, 0.3) is 0 Å². The highest BCUT2D eigenvalue weighted by molar-refractivity contribution is 14.1.